The first-order valence-corrected chi connectivity index (χ1v) is 7.03. The summed E-state index contributed by atoms with van der Waals surface area (Å²) in [5.41, 5.74) is 6.47. The van der Waals surface area contributed by atoms with Crippen molar-refractivity contribution in [1.82, 2.24) is 5.32 Å². The highest BCUT2D eigenvalue weighted by molar-refractivity contribution is 5.66. The van der Waals surface area contributed by atoms with E-state index in [9.17, 15) is 0 Å². The van der Waals surface area contributed by atoms with E-state index in [1.807, 2.05) is 0 Å². The summed E-state index contributed by atoms with van der Waals surface area (Å²) in [5, 5.41) is 3.49. The van der Waals surface area contributed by atoms with E-state index in [0.29, 0.717) is 0 Å². The number of hydrogen-bond acceptors (Lipinski definition) is 2. The van der Waals surface area contributed by atoms with Crippen molar-refractivity contribution >= 4 is 5.69 Å². The van der Waals surface area contributed by atoms with E-state index < -0.39 is 0 Å². The average molecular weight is 228 g/mol. The SMILES string of the molecule is c1c(C2CCNC2)cc2c3c1CCCN3CC2. The van der Waals surface area contributed by atoms with Gasteiger partial charge in [-0.2, -0.15) is 0 Å². The molecule has 1 saturated heterocycles. The van der Waals surface area contributed by atoms with Crippen molar-refractivity contribution in [2.45, 2.75) is 31.6 Å². The van der Waals surface area contributed by atoms with Gasteiger partial charge in [0.25, 0.3) is 0 Å². The Morgan fingerprint density at radius 3 is 2.82 bits per heavy atom. The molecule has 0 aliphatic carbocycles. The van der Waals surface area contributed by atoms with Gasteiger partial charge in [0.15, 0.2) is 0 Å². The minimum absolute atomic E-state index is 0.771. The van der Waals surface area contributed by atoms with Crippen LogP contribution in [0.2, 0.25) is 0 Å². The number of anilines is 1. The maximum Gasteiger partial charge on any atom is 0.0432 e. The molecule has 17 heavy (non-hydrogen) atoms. The van der Waals surface area contributed by atoms with Crippen LogP contribution in [0.1, 0.15) is 35.4 Å². The molecule has 0 saturated carbocycles. The highest BCUT2D eigenvalue weighted by Gasteiger charge is 2.27. The van der Waals surface area contributed by atoms with E-state index in [-0.39, 0.29) is 0 Å². The van der Waals surface area contributed by atoms with Gasteiger partial charge in [-0.15, -0.1) is 0 Å². The maximum atomic E-state index is 3.49. The lowest BCUT2D eigenvalue weighted by Crippen LogP contribution is -2.26. The first kappa shape index (κ1) is 9.95. The lowest BCUT2D eigenvalue weighted by Gasteiger charge is -2.28. The van der Waals surface area contributed by atoms with Crippen LogP contribution in [0.3, 0.4) is 0 Å². The van der Waals surface area contributed by atoms with Gasteiger partial charge in [-0.05, 0) is 54.8 Å². The van der Waals surface area contributed by atoms with E-state index in [0.717, 1.165) is 5.92 Å². The fraction of sp³-hybridized carbons (Fsp3) is 0.600. The number of nitrogens with one attached hydrogen (secondary N) is 1. The van der Waals surface area contributed by atoms with Gasteiger partial charge in [0.1, 0.15) is 0 Å². The molecule has 0 amide bonds. The topological polar surface area (TPSA) is 15.3 Å². The first-order valence-electron chi connectivity index (χ1n) is 7.03. The van der Waals surface area contributed by atoms with Crippen LogP contribution in [0.5, 0.6) is 0 Å². The largest absolute Gasteiger partial charge is 0.371 e. The quantitative estimate of drug-likeness (QED) is 0.791. The van der Waals surface area contributed by atoms with Crippen LogP contribution in [-0.2, 0) is 12.8 Å². The summed E-state index contributed by atoms with van der Waals surface area (Å²) in [6, 6.07) is 5.01. The molecule has 0 aromatic heterocycles. The summed E-state index contributed by atoms with van der Waals surface area (Å²) in [5.74, 6) is 0.771. The van der Waals surface area contributed by atoms with Gasteiger partial charge in [-0.1, -0.05) is 12.1 Å². The molecule has 0 bridgehead atoms. The Morgan fingerprint density at radius 2 is 2.00 bits per heavy atom. The lowest BCUT2D eigenvalue weighted by molar-refractivity contribution is 0.714. The maximum absolute atomic E-state index is 3.49. The molecule has 3 heterocycles. The molecule has 0 spiro atoms. The van der Waals surface area contributed by atoms with Gasteiger partial charge < -0.3 is 10.2 Å². The Bertz CT molecular complexity index is 446. The van der Waals surface area contributed by atoms with E-state index >= 15 is 0 Å². The van der Waals surface area contributed by atoms with Crippen molar-refractivity contribution in [3.8, 4) is 0 Å². The smallest absolute Gasteiger partial charge is 0.0432 e. The lowest BCUT2D eigenvalue weighted by atomic mass is 9.90. The number of rotatable bonds is 1. The zero-order valence-corrected chi connectivity index (χ0v) is 10.3. The third-order valence-corrected chi connectivity index (χ3v) is 4.66. The first-order chi connectivity index (χ1) is 8.42. The van der Waals surface area contributed by atoms with Gasteiger partial charge in [0, 0.05) is 25.3 Å². The Labute approximate surface area is 103 Å². The number of benzene rings is 1. The van der Waals surface area contributed by atoms with Crippen LogP contribution in [0.15, 0.2) is 12.1 Å². The molecule has 3 aliphatic heterocycles. The van der Waals surface area contributed by atoms with E-state index in [1.165, 1.54) is 51.9 Å². The molecular formula is C15H20N2. The molecule has 1 atom stereocenters. The van der Waals surface area contributed by atoms with Gasteiger partial charge >= 0.3 is 0 Å². The second-order valence-electron chi connectivity index (χ2n) is 5.72. The zero-order chi connectivity index (χ0) is 11.2. The van der Waals surface area contributed by atoms with Crippen molar-refractivity contribution in [3.63, 3.8) is 0 Å². The molecule has 1 unspecified atom stereocenters. The zero-order valence-electron chi connectivity index (χ0n) is 10.3. The van der Waals surface area contributed by atoms with Crippen LogP contribution in [0.4, 0.5) is 5.69 Å². The van der Waals surface area contributed by atoms with Crippen LogP contribution in [0.25, 0.3) is 0 Å². The van der Waals surface area contributed by atoms with E-state index in [4.69, 9.17) is 0 Å². The van der Waals surface area contributed by atoms with Crippen molar-refractivity contribution < 1.29 is 0 Å². The minimum Gasteiger partial charge on any atom is -0.371 e. The highest BCUT2D eigenvalue weighted by Crippen LogP contribution is 2.39. The molecule has 1 N–H and O–H groups in total. The predicted molar refractivity (Wildman–Crippen MR) is 70.9 cm³/mol. The van der Waals surface area contributed by atoms with Crippen molar-refractivity contribution in [2.24, 2.45) is 0 Å². The minimum atomic E-state index is 0.771. The summed E-state index contributed by atoms with van der Waals surface area (Å²) in [6.45, 7) is 4.92. The fourth-order valence-corrected chi connectivity index (χ4v) is 3.80. The Balaban J connectivity index is 1.79. The van der Waals surface area contributed by atoms with Crippen molar-refractivity contribution in [3.05, 3.63) is 28.8 Å². The van der Waals surface area contributed by atoms with E-state index in [1.54, 1.807) is 22.4 Å². The standard InChI is InChI=1S/C15H20N2/c1-2-11-8-14(13-3-5-16-10-13)9-12-4-7-17(6-1)15(11)12/h8-9,13,16H,1-7,10H2. The Hall–Kier alpha value is -1.02. The average Bonchev–Trinajstić information content (AvgIpc) is 2.99. The second kappa shape index (κ2) is 3.74. The van der Waals surface area contributed by atoms with Crippen LogP contribution in [-0.4, -0.2) is 26.2 Å². The van der Waals surface area contributed by atoms with Gasteiger partial charge in [0.05, 0.1) is 0 Å². The monoisotopic (exact) mass is 228 g/mol. The fourth-order valence-electron chi connectivity index (χ4n) is 3.80. The number of hydrogen-bond donors (Lipinski definition) is 1. The van der Waals surface area contributed by atoms with Gasteiger partial charge in [-0.3, -0.25) is 0 Å². The third kappa shape index (κ3) is 1.50. The predicted octanol–water partition coefficient (Wildman–Crippen LogP) is 2.07. The van der Waals surface area contributed by atoms with Crippen LogP contribution < -0.4 is 10.2 Å². The second-order valence-corrected chi connectivity index (χ2v) is 5.72. The molecule has 1 aromatic carbocycles. The number of nitrogens with zero attached hydrogens (tertiary/aromatic N) is 1. The molecule has 1 aromatic rings. The Kier molecular flexibility index (Phi) is 2.19. The molecule has 0 radical (unpaired) electrons. The molecule has 2 heteroatoms. The summed E-state index contributed by atoms with van der Waals surface area (Å²) in [4.78, 5) is 2.60. The van der Waals surface area contributed by atoms with Crippen LogP contribution in [0, 0.1) is 0 Å². The molecule has 4 rings (SSSR count). The highest BCUT2D eigenvalue weighted by atomic mass is 15.2. The molecule has 3 aliphatic rings. The van der Waals surface area contributed by atoms with E-state index in [2.05, 4.69) is 22.3 Å². The number of aryl methyl sites for hydroxylation is 1. The van der Waals surface area contributed by atoms with Crippen LogP contribution >= 0.6 is 0 Å². The summed E-state index contributed by atoms with van der Waals surface area (Å²) in [6.07, 6.45) is 5.24. The molecule has 90 valence electrons. The molecule has 1 fully saturated rings. The van der Waals surface area contributed by atoms with Crippen molar-refractivity contribution in [1.29, 1.82) is 0 Å². The third-order valence-electron chi connectivity index (χ3n) is 4.66. The van der Waals surface area contributed by atoms with Gasteiger partial charge in [0.2, 0.25) is 0 Å². The van der Waals surface area contributed by atoms with Gasteiger partial charge in [-0.25, -0.2) is 0 Å². The summed E-state index contributed by atoms with van der Waals surface area (Å²) < 4.78 is 0. The summed E-state index contributed by atoms with van der Waals surface area (Å²) >= 11 is 0. The molecular weight excluding hydrogens is 208 g/mol. The van der Waals surface area contributed by atoms with Crippen molar-refractivity contribution in [2.75, 3.05) is 31.1 Å². The molecule has 2 nitrogen and oxygen atoms in total. The normalized spacial score (nSPS) is 26.4. The Morgan fingerprint density at radius 1 is 1.12 bits per heavy atom. The summed E-state index contributed by atoms with van der Waals surface area (Å²) in [7, 11) is 0.